The number of fused-ring (bicyclic) bond motifs is 1. The van der Waals surface area contributed by atoms with Gasteiger partial charge >= 0.3 is 0 Å². The van der Waals surface area contributed by atoms with E-state index in [1.165, 1.54) is 38.2 Å². The average molecular weight is 301 g/mol. The van der Waals surface area contributed by atoms with Gasteiger partial charge in [-0.05, 0) is 62.5 Å². The molecule has 2 aliphatic rings. The Bertz CT molecular complexity index is 407. The van der Waals surface area contributed by atoms with Crippen molar-refractivity contribution >= 4 is 24.0 Å². The van der Waals surface area contributed by atoms with Gasteiger partial charge in [0.05, 0.1) is 0 Å². The molecule has 1 N–H and O–H groups in total. The maximum Gasteiger partial charge on any atom is 0.0406 e. The van der Waals surface area contributed by atoms with Crippen LogP contribution < -0.4 is 5.32 Å². The predicted octanol–water partition coefficient (Wildman–Crippen LogP) is 3.36. The Hall–Kier alpha value is -0.280. The van der Waals surface area contributed by atoms with E-state index in [0.29, 0.717) is 6.04 Å². The SMILES string of the molecule is CC(c1ccc(Cl)cc1)N1CCC2CNCC2C1.Cl. The van der Waals surface area contributed by atoms with Gasteiger partial charge in [0, 0.05) is 17.6 Å². The number of likely N-dealkylation sites (tertiary alicyclic amines) is 1. The van der Waals surface area contributed by atoms with Crippen LogP contribution in [0.1, 0.15) is 24.9 Å². The molecule has 2 saturated heterocycles. The number of nitrogens with one attached hydrogen (secondary N) is 1. The van der Waals surface area contributed by atoms with Crippen LogP contribution in [0.25, 0.3) is 0 Å². The van der Waals surface area contributed by atoms with Crippen molar-refractivity contribution in [1.82, 2.24) is 10.2 Å². The van der Waals surface area contributed by atoms with Crippen LogP contribution in [-0.4, -0.2) is 31.1 Å². The molecule has 3 atom stereocenters. The summed E-state index contributed by atoms with van der Waals surface area (Å²) in [4.78, 5) is 2.62. The molecule has 0 spiro atoms. The number of halogens is 2. The Balaban J connectivity index is 0.00000133. The fourth-order valence-corrected chi connectivity index (χ4v) is 3.49. The highest BCUT2D eigenvalue weighted by Crippen LogP contribution is 2.31. The monoisotopic (exact) mass is 300 g/mol. The third-order valence-electron chi connectivity index (χ3n) is 4.64. The molecule has 106 valence electrons. The van der Waals surface area contributed by atoms with E-state index in [0.717, 1.165) is 16.9 Å². The highest BCUT2D eigenvalue weighted by atomic mass is 35.5. The quantitative estimate of drug-likeness (QED) is 0.901. The first kappa shape index (κ1) is 15.1. The number of benzene rings is 1. The maximum atomic E-state index is 5.95. The van der Waals surface area contributed by atoms with Gasteiger partial charge in [0.25, 0.3) is 0 Å². The molecular formula is C15H22Cl2N2. The molecule has 0 aromatic heterocycles. The summed E-state index contributed by atoms with van der Waals surface area (Å²) in [5.41, 5.74) is 1.38. The van der Waals surface area contributed by atoms with E-state index < -0.39 is 0 Å². The molecule has 0 aliphatic carbocycles. The van der Waals surface area contributed by atoms with E-state index in [1.54, 1.807) is 0 Å². The number of piperidine rings is 1. The normalized spacial score (nSPS) is 28.5. The van der Waals surface area contributed by atoms with E-state index in [4.69, 9.17) is 11.6 Å². The minimum Gasteiger partial charge on any atom is -0.316 e. The molecular weight excluding hydrogens is 279 g/mol. The van der Waals surface area contributed by atoms with Crippen LogP contribution in [0.5, 0.6) is 0 Å². The van der Waals surface area contributed by atoms with Gasteiger partial charge < -0.3 is 5.32 Å². The average Bonchev–Trinajstić information content (AvgIpc) is 2.86. The van der Waals surface area contributed by atoms with Gasteiger partial charge in [-0.25, -0.2) is 0 Å². The second-order valence-corrected chi connectivity index (χ2v) is 6.13. The van der Waals surface area contributed by atoms with Gasteiger partial charge in [-0.2, -0.15) is 0 Å². The second-order valence-electron chi connectivity index (χ2n) is 5.69. The molecule has 2 nitrogen and oxygen atoms in total. The molecule has 2 heterocycles. The highest BCUT2D eigenvalue weighted by Gasteiger charge is 2.34. The van der Waals surface area contributed by atoms with Crippen LogP contribution in [-0.2, 0) is 0 Å². The summed E-state index contributed by atoms with van der Waals surface area (Å²) in [6.45, 7) is 7.21. The number of rotatable bonds is 2. The zero-order valence-corrected chi connectivity index (χ0v) is 12.9. The molecule has 0 bridgehead atoms. The molecule has 0 amide bonds. The van der Waals surface area contributed by atoms with E-state index >= 15 is 0 Å². The maximum absolute atomic E-state index is 5.95. The van der Waals surface area contributed by atoms with Crippen molar-refractivity contribution in [2.75, 3.05) is 26.2 Å². The zero-order valence-electron chi connectivity index (χ0n) is 11.3. The van der Waals surface area contributed by atoms with E-state index in [2.05, 4.69) is 29.3 Å². The van der Waals surface area contributed by atoms with Crippen molar-refractivity contribution in [3.63, 3.8) is 0 Å². The van der Waals surface area contributed by atoms with Crippen LogP contribution in [0.3, 0.4) is 0 Å². The predicted molar refractivity (Wildman–Crippen MR) is 83.2 cm³/mol. The first-order valence-electron chi connectivity index (χ1n) is 6.94. The lowest BCUT2D eigenvalue weighted by molar-refractivity contribution is 0.111. The molecule has 19 heavy (non-hydrogen) atoms. The van der Waals surface area contributed by atoms with Crippen LogP contribution >= 0.6 is 24.0 Å². The molecule has 1 aromatic carbocycles. The molecule has 0 radical (unpaired) electrons. The van der Waals surface area contributed by atoms with Crippen molar-refractivity contribution in [2.24, 2.45) is 11.8 Å². The van der Waals surface area contributed by atoms with Crippen molar-refractivity contribution in [3.8, 4) is 0 Å². The molecule has 3 unspecified atom stereocenters. The Morgan fingerprint density at radius 1 is 1.21 bits per heavy atom. The largest absolute Gasteiger partial charge is 0.316 e. The van der Waals surface area contributed by atoms with Gasteiger partial charge in [0.15, 0.2) is 0 Å². The van der Waals surface area contributed by atoms with Crippen LogP contribution in [0, 0.1) is 11.8 Å². The van der Waals surface area contributed by atoms with Gasteiger partial charge in [-0.15, -0.1) is 12.4 Å². The lowest BCUT2D eigenvalue weighted by Crippen LogP contribution is -2.41. The van der Waals surface area contributed by atoms with Gasteiger partial charge in [0.1, 0.15) is 0 Å². The molecule has 1 aromatic rings. The van der Waals surface area contributed by atoms with E-state index in [1.807, 2.05) is 12.1 Å². The number of nitrogens with zero attached hydrogens (tertiary/aromatic N) is 1. The Labute approximate surface area is 126 Å². The van der Waals surface area contributed by atoms with Crippen LogP contribution in [0.15, 0.2) is 24.3 Å². The highest BCUT2D eigenvalue weighted by molar-refractivity contribution is 6.30. The summed E-state index contributed by atoms with van der Waals surface area (Å²) in [5, 5.41) is 4.35. The first-order chi connectivity index (χ1) is 8.74. The topological polar surface area (TPSA) is 15.3 Å². The molecule has 0 saturated carbocycles. The van der Waals surface area contributed by atoms with Crippen molar-refractivity contribution < 1.29 is 0 Å². The Kier molecular flexibility index (Phi) is 5.13. The third-order valence-corrected chi connectivity index (χ3v) is 4.89. The summed E-state index contributed by atoms with van der Waals surface area (Å²) in [6.07, 6.45) is 1.34. The Morgan fingerprint density at radius 3 is 2.63 bits per heavy atom. The minimum atomic E-state index is 0. The summed E-state index contributed by atoms with van der Waals surface area (Å²) in [7, 11) is 0. The van der Waals surface area contributed by atoms with Crippen molar-refractivity contribution in [2.45, 2.75) is 19.4 Å². The standard InChI is InChI=1S/C15H21ClN2.ClH/c1-11(12-2-4-15(16)5-3-12)18-7-6-13-8-17-9-14(13)10-18;/h2-5,11,13-14,17H,6-10H2,1H3;1H. The lowest BCUT2D eigenvalue weighted by atomic mass is 9.87. The smallest absolute Gasteiger partial charge is 0.0406 e. The summed E-state index contributed by atoms with van der Waals surface area (Å²) in [5.74, 6) is 1.77. The number of hydrogen-bond acceptors (Lipinski definition) is 2. The fourth-order valence-electron chi connectivity index (χ4n) is 3.37. The first-order valence-corrected chi connectivity index (χ1v) is 7.32. The van der Waals surface area contributed by atoms with Crippen molar-refractivity contribution in [3.05, 3.63) is 34.9 Å². The summed E-state index contributed by atoms with van der Waals surface area (Å²) < 4.78 is 0. The third kappa shape index (κ3) is 3.25. The molecule has 3 rings (SSSR count). The van der Waals surface area contributed by atoms with Gasteiger partial charge in [-0.1, -0.05) is 23.7 Å². The van der Waals surface area contributed by atoms with Gasteiger partial charge in [0.2, 0.25) is 0 Å². The Morgan fingerprint density at radius 2 is 1.89 bits per heavy atom. The molecule has 4 heteroatoms. The van der Waals surface area contributed by atoms with Crippen molar-refractivity contribution in [1.29, 1.82) is 0 Å². The van der Waals surface area contributed by atoms with Crippen LogP contribution in [0.4, 0.5) is 0 Å². The van der Waals surface area contributed by atoms with Crippen LogP contribution in [0.2, 0.25) is 5.02 Å². The lowest BCUT2D eigenvalue weighted by Gasteiger charge is -2.38. The fraction of sp³-hybridized carbons (Fsp3) is 0.600. The van der Waals surface area contributed by atoms with Gasteiger partial charge in [-0.3, -0.25) is 4.90 Å². The molecule has 2 fully saturated rings. The van der Waals surface area contributed by atoms with E-state index in [-0.39, 0.29) is 12.4 Å². The summed E-state index contributed by atoms with van der Waals surface area (Å²) in [6, 6.07) is 8.82. The molecule has 2 aliphatic heterocycles. The van der Waals surface area contributed by atoms with E-state index in [9.17, 15) is 0 Å². The zero-order chi connectivity index (χ0) is 12.5. The second kappa shape index (κ2) is 6.45. The summed E-state index contributed by atoms with van der Waals surface area (Å²) >= 11 is 5.95. The minimum absolute atomic E-state index is 0. The number of hydrogen-bond donors (Lipinski definition) is 1.